The number of aliphatic imine (C=N–C) groups is 1. The Morgan fingerprint density at radius 3 is 2.32 bits per heavy atom. The van der Waals surface area contributed by atoms with Gasteiger partial charge in [0.25, 0.3) is 0 Å². The average molecular weight is 286 g/mol. The van der Waals surface area contributed by atoms with Crippen LogP contribution in [0.2, 0.25) is 0 Å². The first-order chi connectivity index (χ1) is 10.8. The maximum atomic E-state index is 10.5. The Hall–Kier alpha value is -2.78. The molecule has 0 bridgehead atoms. The summed E-state index contributed by atoms with van der Waals surface area (Å²) in [4.78, 5) is 9.03. The summed E-state index contributed by atoms with van der Waals surface area (Å²) in [5, 5.41) is 10.5. The second kappa shape index (κ2) is 5.20. The third-order valence-corrected chi connectivity index (χ3v) is 3.85. The van der Waals surface area contributed by atoms with Crippen LogP contribution in [-0.2, 0) is 0 Å². The summed E-state index contributed by atoms with van der Waals surface area (Å²) in [6.45, 7) is 0. The molecule has 1 aliphatic heterocycles. The maximum Gasteiger partial charge on any atom is 0.174 e. The Labute approximate surface area is 128 Å². The molecule has 2 aromatic carbocycles. The minimum absolute atomic E-state index is 0.737. The number of benzene rings is 2. The van der Waals surface area contributed by atoms with Crippen LogP contribution in [0.4, 0.5) is 0 Å². The number of hydrogen-bond acceptors (Lipinski definition) is 3. The lowest BCUT2D eigenvalue weighted by atomic mass is 9.95. The van der Waals surface area contributed by atoms with Gasteiger partial charge >= 0.3 is 0 Å². The fourth-order valence-electron chi connectivity index (χ4n) is 2.83. The molecule has 106 valence electrons. The number of fused-ring (bicyclic) bond motifs is 3. The van der Waals surface area contributed by atoms with Crippen LogP contribution in [0.15, 0.2) is 77.9 Å². The number of hydrogen-bond donors (Lipinski definition) is 1. The summed E-state index contributed by atoms with van der Waals surface area (Å²) < 4.78 is 0. The van der Waals surface area contributed by atoms with E-state index < -0.39 is 6.23 Å². The molecule has 22 heavy (non-hydrogen) atoms. The van der Waals surface area contributed by atoms with Crippen LogP contribution >= 0.6 is 0 Å². The van der Waals surface area contributed by atoms with Crippen LogP contribution in [-0.4, -0.2) is 15.8 Å². The molecule has 0 saturated heterocycles. The molecule has 1 unspecified atom stereocenters. The highest BCUT2D eigenvalue weighted by Gasteiger charge is 2.23. The maximum absolute atomic E-state index is 10.5. The van der Waals surface area contributed by atoms with Crippen LogP contribution in [0.3, 0.4) is 0 Å². The highest BCUT2D eigenvalue weighted by atomic mass is 16.3. The highest BCUT2D eigenvalue weighted by molar-refractivity contribution is 6.16. The molecule has 4 rings (SSSR count). The van der Waals surface area contributed by atoms with Crippen LogP contribution in [0.1, 0.15) is 22.9 Å². The number of aliphatic hydroxyl groups is 1. The number of pyridine rings is 1. The van der Waals surface area contributed by atoms with Gasteiger partial charge in [0.1, 0.15) is 0 Å². The first-order valence-corrected chi connectivity index (χ1v) is 7.20. The molecule has 0 saturated carbocycles. The third kappa shape index (κ3) is 2.03. The van der Waals surface area contributed by atoms with Crippen LogP contribution < -0.4 is 0 Å². The molecule has 0 fully saturated rings. The largest absolute Gasteiger partial charge is 0.368 e. The fourth-order valence-corrected chi connectivity index (χ4v) is 2.83. The van der Waals surface area contributed by atoms with Crippen molar-refractivity contribution in [3.8, 4) is 11.3 Å². The number of aliphatic hydroxyl groups excluding tert-OH is 1. The second-order valence-corrected chi connectivity index (χ2v) is 5.20. The van der Waals surface area contributed by atoms with Gasteiger partial charge < -0.3 is 5.11 Å². The SMILES string of the molecule is OC1N=C(c2ccccc2)c2ccccc2-c2ncccc21. The molecular formula is C19H14N2O. The topological polar surface area (TPSA) is 45.5 Å². The van der Waals surface area contributed by atoms with E-state index >= 15 is 0 Å². The van der Waals surface area contributed by atoms with Gasteiger partial charge in [0.2, 0.25) is 0 Å². The van der Waals surface area contributed by atoms with E-state index in [1.807, 2.05) is 66.7 Å². The lowest BCUT2D eigenvalue weighted by Gasteiger charge is -2.10. The van der Waals surface area contributed by atoms with Gasteiger partial charge in [-0.1, -0.05) is 60.7 Å². The first-order valence-electron chi connectivity index (χ1n) is 7.20. The summed E-state index contributed by atoms with van der Waals surface area (Å²) in [7, 11) is 0. The number of nitrogens with zero attached hydrogens (tertiary/aromatic N) is 2. The van der Waals surface area contributed by atoms with Gasteiger partial charge in [-0.25, -0.2) is 4.99 Å². The summed E-state index contributed by atoms with van der Waals surface area (Å²) in [5.74, 6) is 0. The summed E-state index contributed by atoms with van der Waals surface area (Å²) >= 11 is 0. The van der Waals surface area contributed by atoms with Crippen molar-refractivity contribution < 1.29 is 5.11 Å². The van der Waals surface area contributed by atoms with Crippen molar-refractivity contribution in [1.29, 1.82) is 0 Å². The Morgan fingerprint density at radius 1 is 0.773 bits per heavy atom. The van der Waals surface area contributed by atoms with Gasteiger partial charge in [-0.15, -0.1) is 0 Å². The predicted molar refractivity (Wildman–Crippen MR) is 86.7 cm³/mol. The van der Waals surface area contributed by atoms with Gasteiger partial charge in [-0.2, -0.15) is 0 Å². The molecule has 3 heteroatoms. The number of aromatic nitrogens is 1. The van der Waals surface area contributed by atoms with Crippen molar-refractivity contribution in [1.82, 2.24) is 4.98 Å². The highest BCUT2D eigenvalue weighted by Crippen LogP contribution is 2.34. The van der Waals surface area contributed by atoms with Crippen LogP contribution in [0.5, 0.6) is 0 Å². The van der Waals surface area contributed by atoms with E-state index in [0.29, 0.717) is 0 Å². The zero-order valence-corrected chi connectivity index (χ0v) is 11.8. The van der Waals surface area contributed by atoms with Crippen molar-refractivity contribution in [2.45, 2.75) is 6.23 Å². The van der Waals surface area contributed by atoms with Gasteiger partial charge in [0.15, 0.2) is 6.23 Å². The molecule has 3 aromatic rings. The first kappa shape index (κ1) is 12.9. The molecule has 0 amide bonds. The van der Waals surface area contributed by atoms with Crippen LogP contribution in [0, 0.1) is 0 Å². The summed E-state index contributed by atoms with van der Waals surface area (Å²) in [5.41, 5.74) is 5.30. The van der Waals surface area contributed by atoms with Gasteiger partial charge in [0, 0.05) is 28.5 Å². The quantitative estimate of drug-likeness (QED) is 0.743. The normalized spacial score (nSPS) is 16.2. The molecule has 1 atom stereocenters. The molecule has 1 aliphatic rings. The zero-order valence-electron chi connectivity index (χ0n) is 11.8. The Morgan fingerprint density at radius 2 is 1.50 bits per heavy atom. The van der Waals surface area contributed by atoms with E-state index in [4.69, 9.17) is 0 Å². The van der Waals surface area contributed by atoms with E-state index in [1.54, 1.807) is 6.20 Å². The zero-order chi connectivity index (χ0) is 14.9. The Balaban J connectivity index is 2.03. The van der Waals surface area contributed by atoms with Gasteiger partial charge in [-0.05, 0) is 6.07 Å². The lowest BCUT2D eigenvalue weighted by molar-refractivity contribution is 0.189. The minimum Gasteiger partial charge on any atom is -0.368 e. The molecule has 1 N–H and O–H groups in total. The molecular weight excluding hydrogens is 272 g/mol. The minimum atomic E-state index is -0.911. The smallest absolute Gasteiger partial charge is 0.174 e. The van der Waals surface area contributed by atoms with Crippen molar-refractivity contribution >= 4 is 5.71 Å². The van der Waals surface area contributed by atoms with E-state index in [0.717, 1.165) is 33.7 Å². The third-order valence-electron chi connectivity index (χ3n) is 3.85. The Bertz CT molecular complexity index is 856. The monoisotopic (exact) mass is 286 g/mol. The molecule has 3 nitrogen and oxygen atoms in total. The van der Waals surface area contributed by atoms with Gasteiger partial charge in [0.05, 0.1) is 11.4 Å². The van der Waals surface area contributed by atoms with E-state index in [9.17, 15) is 5.11 Å². The fraction of sp³-hybridized carbons (Fsp3) is 0.0526. The number of rotatable bonds is 1. The molecule has 0 radical (unpaired) electrons. The van der Waals surface area contributed by atoms with Crippen LogP contribution in [0.25, 0.3) is 11.3 Å². The van der Waals surface area contributed by atoms with E-state index in [2.05, 4.69) is 9.98 Å². The van der Waals surface area contributed by atoms with Crippen molar-refractivity contribution in [2.24, 2.45) is 4.99 Å². The summed E-state index contributed by atoms with van der Waals surface area (Å²) in [6, 6.07) is 21.7. The Kier molecular flexibility index (Phi) is 3.06. The van der Waals surface area contributed by atoms with Crippen molar-refractivity contribution in [3.63, 3.8) is 0 Å². The summed E-state index contributed by atoms with van der Waals surface area (Å²) in [6.07, 6.45) is 0.835. The van der Waals surface area contributed by atoms with E-state index in [1.165, 1.54) is 0 Å². The molecule has 2 heterocycles. The van der Waals surface area contributed by atoms with Gasteiger partial charge in [-0.3, -0.25) is 4.98 Å². The molecule has 0 aliphatic carbocycles. The molecule has 0 spiro atoms. The van der Waals surface area contributed by atoms with Crippen molar-refractivity contribution in [2.75, 3.05) is 0 Å². The molecule has 1 aromatic heterocycles. The van der Waals surface area contributed by atoms with Crippen molar-refractivity contribution in [3.05, 3.63) is 89.6 Å². The second-order valence-electron chi connectivity index (χ2n) is 5.20. The standard InChI is InChI=1S/C19H14N2O/c22-19-16-11-6-12-20-18(16)15-10-5-4-9-14(15)17(21-19)13-7-2-1-3-8-13/h1-12,19,22H. The average Bonchev–Trinajstić information content (AvgIpc) is 2.72. The predicted octanol–water partition coefficient (Wildman–Crippen LogP) is 3.59. The lowest BCUT2D eigenvalue weighted by Crippen LogP contribution is -2.05. The van der Waals surface area contributed by atoms with E-state index in [-0.39, 0.29) is 0 Å².